The Kier molecular flexibility index (Phi) is 4.89. The lowest BCUT2D eigenvalue weighted by Gasteiger charge is -2.15. The van der Waals surface area contributed by atoms with Gasteiger partial charge in [0.2, 0.25) is 0 Å². The zero-order valence-electron chi connectivity index (χ0n) is 15.4. The van der Waals surface area contributed by atoms with Gasteiger partial charge in [-0.2, -0.15) is 10.2 Å². The monoisotopic (exact) mass is 377 g/mol. The Hall–Kier alpha value is -3.48. The number of carbonyl (C=O) groups is 1. The van der Waals surface area contributed by atoms with Crippen LogP contribution in [0.5, 0.6) is 0 Å². The number of aromatic nitrogens is 4. The molecule has 0 fully saturated rings. The SMILES string of the molecule is CN(CCCc1cc(-c2ccc(F)cc2)n[nH]1)C(=O)c1n[nH]c2ccccc12. The Morgan fingerprint density at radius 2 is 1.86 bits per heavy atom. The van der Waals surface area contributed by atoms with Gasteiger partial charge in [-0.15, -0.1) is 0 Å². The van der Waals surface area contributed by atoms with E-state index < -0.39 is 0 Å². The highest BCUT2D eigenvalue weighted by Crippen LogP contribution is 2.19. The molecule has 0 aliphatic heterocycles. The van der Waals surface area contributed by atoms with Gasteiger partial charge < -0.3 is 4.90 Å². The number of hydrogen-bond donors (Lipinski definition) is 2. The molecule has 2 aromatic carbocycles. The summed E-state index contributed by atoms with van der Waals surface area (Å²) in [6, 6.07) is 15.8. The summed E-state index contributed by atoms with van der Waals surface area (Å²) in [6.45, 7) is 0.602. The van der Waals surface area contributed by atoms with Crippen molar-refractivity contribution < 1.29 is 9.18 Å². The van der Waals surface area contributed by atoms with Gasteiger partial charge >= 0.3 is 0 Å². The highest BCUT2D eigenvalue weighted by Gasteiger charge is 2.17. The number of benzene rings is 2. The first-order valence-electron chi connectivity index (χ1n) is 9.10. The van der Waals surface area contributed by atoms with Gasteiger partial charge in [0.15, 0.2) is 5.69 Å². The van der Waals surface area contributed by atoms with Crippen LogP contribution in [-0.4, -0.2) is 44.8 Å². The minimum absolute atomic E-state index is 0.103. The summed E-state index contributed by atoms with van der Waals surface area (Å²) in [5.74, 6) is -0.369. The molecule has 0 bridgehead atoms. The van der Waals surface area contributed by atoms with E-state index in [1.165, 1.54) is 12.1 Å². The van der Waals surface area contributed by atoms with Crippen molar-refractivity contribution in [2.24, 2.45) is 0 Å². The molecule has 6 nitrogen and oxygen atoms in total. The third-order valence-corrected chi connectivity index (χ3v) is 4.73. The number of rotatable bonds is 6. The number of H-pyrrole nitrogens is 2. The molecule has 0 atom stereocenters. The molecule has 4 aromatic rings. The van der Waals surface area contributed by atoms with Crippen LogP contribution in [0.3, 0.4) is 0 Å². The summed E-state index contributed by atoms with van der Waals surface area (Å²) in [4.78, 5) is 14.4. The summed E-state index contributed by atoms with van der Waals surface area (Å²) in [7, 11) is 1.78. The molecule has 2 heterocycles. The van der Waals surface area contributed by atoms with Gasteiger partial charge in [-0.05, 0) is 49.2 Å². The number of amides is 1. The number of nitrogens with one attached hydrogen (secondary N) is 2. The summed E-state index contributed by atoms with van der Waals surface area (Å²) in [5, 5.41) is 15.2. The van der Waals surface area contributed by atoms with Crippen LogP contribution in [0.1, 0.15) is 22.6 Å². The topological polar surface area (TPSA) is 77.7 Å². The van der Waals surface area contributed by atoms with E-state index in [4.69, 9.17) is 0 Å². The molecule has 4 rings (SSSR count). The van der Waals surface area contributed by atoms with Crippen molar-refractivity contribution in [3.05, 3.63) is 71.8 Å². The predicted molar refractivity (Wildman–Crippen MR) is 105 cm³/mol. The molecule has 28 heavy (non-hydrogen) atoms. The number of fused-ring (bicyclic) bond motifs is 1. The van der Waals surface area contributed by atoms with Gasteiger partial charge in [-0.3, -0.25) is 15.0 Å². The molecule has 1 amide bonds. The fourth-order valence-corrected chi connectivity index (χ4v) is 3.17. The molecule has 142 valence electrons. The summed E-state index contributed by atoms with van der Waals surface area (Å²) >= 11 is 0. The molecule has 0 unspecified atom stereocenters. The first kappa shape index (κ1) is 17.9. The van der Waals surface area contributed by atoms with E-state index in [2.05, 4.69) is 20.4 Å². The van der Waals surface area contributed by atoms with E-state index in [9.17, 15) is 9.18 Å². The highest BCUT2D eigenvalue weighted by molar-refractivity contribution is 6.04. The minimum atomic E-state index is -0.267. The van der Waals surface area contributed by atoms with Gasteiger partial charge in [0.1, 0.15) is 5.82 Å². The van der Waals surface area contributed by atoms with Gasteiger partial charge in [-0.25, -0.2) is 4.39 Å². The average Bonchev–Trinajstić information content (AvgIpc) is 3.35. The summed E-state index contributed by atoms with van der Waals surface area (Å²) in [6.07, 6.45) is 1.54. The summed E-state index contributed by atoms with van der Waals surface area (Å²) < 4.78 is 13.0. The lowest BCUT2D eigenvalue weighted by molar-refractivity contribution is 0.0789. The second-order valence-electron chi connectivity index (χ2n) is 6.73. The number of aryl methyl sites for hydroxylation is 1. The molecule has 0 aliphatic carbocycles. The van der Waals surface area contributed by atoms with Crippen molar-refractivity contribution in [2.75, 3.05) is 13.6 Å². The molecule has 0 aliphatic rings. The maximum Gasteiger partial charge on any atom is 0.274 e. The largest absolute Gasteiger partial charge is 0.340 e. The lowest BCUT2D eigenvalue weighted by atomic mass is 10.1. The van der Waals surface area contributed by atoms with E-state index in [-0.39, 0.29) is 11.7 Å². The number of para-hydroxylation sites is 1. The second-order valence-corrected chi connectivity index (χ2v) is 6.73. The molecule has 0 saturated heterocycles. The van der Waals surface area contributed by atoms with Crippen molar-refractivity contribution in [3.63, 3.8) is 0 Å². The van der Waals surface area contributed by atoms with Crippen LogP contribution in [0, 0.1) is 5.82 Å². The number of nitrogens with zero attached hydrogens (tertiary/aromatic N) is 3. The fraction of sp³-hybridized carbons (Fsp3) is 0.190. The molecular weight excluding hydrogens is 357 g/mol. The Bertz CT molecular complexity index is 1100. The third-order valence-electron chi connectivity index (χ3n) is 4.73. The van der Waals surface area contributed by atoms with Crippen molar-refractivity contribution in [2.45, 2.75) is 12.8 Å². The zero-order chi connectivity index (χ0) is 19.5. The van der Waals surface area contributed by atoms with Gasteiger partial charge in [0.05, 0.1) is 11.2 Å². The van der Waals surface area contributed by atoms with Crippen molar-refractivity contribution >= 4 is 16.8 Å². The minimum Gasteiger partial charge on any atom is -0.340 e. The van der Waals surface area contributed by atoms with Crippen LogP contribution in [0.4, 0.5) is 4.39 Å². The van der Waals surface area contributed by atoms with Gasteiger partial charge in [-0.1, -0.05) is 18.2 Å². The highest BCUT2D eigenvalue weighted by atomic mass is 19.1. The van der Waals surface area contributed by atoms with Crippen LogP contribution >= 0.6 is 0 Å². The van der Waals surface area contributed by atoms with Crippen molar-refractivity contribution in [3.8, 4) is 11.3 Å². The van der Waals surface area contributed by atoms with E-state index in [1.54, 1.807) is 24.1 Å². The first-order chi connectivity index (χ1) is 13.6. The van der Waals surface area contributed by atoms with Crippen molar-refractivity contribution in [1.29, 1.82) is 0 Å². The molecule has 0 spiro atoms. The quantitative estimate of drug-likeness (QED) is 0.537. The molecule has 2 N–H and O–H groups in total. The zero-order valence-corrected chi connectivity index (χ0v) is 15.4. The second kappa shape index (κ2) is 7.64. The molecule has 0 saturated carbocycles. The van der Waals surface area contributed by atoms with E-state index in [1.807, 2.05) is 30.3 Å². The van der Waals surface area contributed by atoms with E-state index in [0.29, 0.717) is 12.2 Å². The molecule has 7 heteroatoms. The van der Waals surface area contributed by atoms with Gasteiger partial charge in [0.25, 0.3) is 5.91 Å². The van der Waals surface area contributed by atoms with Crippen LogP contribution < -0.4 is 0 Å². The van der Waals surface area contributed by atoms with Crippen LogP contribution in [0.15, 0.2) is 54.6 Å². The van der Waals surface area contributed by atoms with Gasteiger partial charge in [0, 0.05) is 30.2 Å². The Labute approximate surface area is 161 Å². The van der Waals surface area contributed by atoms with Crippen LogP contribution in [0.2, 0.25) is 0 Å². The molecule has 2 aromatic heterocycles. The van der Waals surface area contributed by atoms with E-state index in [0.717, 1.165) is 40.7 Å². The maximum absolute atomic E-state index is 13.0. The lowest BCUT2D eigenvalue weighted by Crippen LogP contribution is -2.28. The van der Waals surface area contributed by atoms with Crippen molar-refractivity contribution in [1.82, 2.24) is 25.3 Å². The average molecular weight is 377 g/mol. The van der Waals surface area contributed by atoms with Crippen LogP contribution in [-0.2, 0) is 6.42 Å². The van der Waals surface area contributed by atoms with E-state index >= 15 is 0 Å². The first-order valence-corrected chi connectivity index (χ1v) is 9.10. The summed E-state index contributed by atoms with van der Waals surface area (Å²) in [5.41, 5.74) is 3.91. The Morgan fingerprint density at radius 1 is 1.07 bits per heavy atom. The Balaban J connectivity index is 1.35. The normalized spacial score (nSPS) is 11.1. The predicted octanol–water partition coefficient (Wildman–Crippen LogP) is 3.80. The molecular formula is C21H20FN5O. The number of halogens is 1. The number of carbonyl (C=O) groups excluding carboxylic acids is 1. The number of aromatic amines is 2. The third kappa shape index (κ3) is 3.64. The Morgan fingerprint density at radius 3 is 2.68 bits per heavy atom. The maximum atomic E-state index is 13.0. The van der Waals surface area contributed by atoms with Crippen LogP contribution in [0.25, 0.3) is 22.2 Å². The smallest absolute Gasteiger partial charge is 0.274 e. The molecule has 0 radical (unpaired) electrons. The standard InChI is InChI=1S/C21H20FN5O/c1-27(21(28)20-17-6-2-3-7-18(17)24-26-20)12-4-5-16-13-19(25-23-16)14-8-10-15(22)11-9-14/h2-3,6-11,13H,4-5,12H2,1H3,(H,23,25)(H,24,26). The fourth-order valence-electron chi connectivity index (χ4n) is 3.17. The number of hydrogen-bond acceptors (Lipinski definition) is 3.